The molecule has 48 valence electrons. The molecule has 4 nitrogen and oxygen atoms in total. The van der Waals surface area contributed by atoms with E-state index in [2.05, 4.69) is 26.2 Å². The summed E-state index contributed by atoms with van der Waals surface area (Å²) in [6.45, 7) is 0. The van der Waals surface area contributed by atoms with Gasteiger partial charge in [0.1, 0.15) is 4.83 Å². The summed E-state index contributed by atoms with van der Waals surface area (Å²) in [4.78, 5) is 20.4. The lowest BCUT2D eigenvalue weighted by Crippen LogP contribution is -2.19. The van der Waals surface area contributed by atoms with Crippen molar-refractivity contribution in [2.24, 2.45) is 10.2 Å². The largest absolute Gasteiger partial charge is 0.278 e. The van der Waals surface area contributed by atoms with E-state index in [9.17, 15) is 9.59 Å². The average Bonchev–Trinajstić information content (AvgIpc) is 1.80. The van der Waals surface area contributed by atoms with Crippen molar-refractivity contribution < 1.29 is 9.59 Å². The minimum Gasteiger partial charge on any atom is -0.271 e. The molecule has 0 aromatic rings. The summed E-state index contributed by atoms with van der Waals surface area (Å²) in [7, 11) is 0. The molecule has 2 amide bonds. The van der Waals surface area contributed by atoms with Gasteiger partial charge in [-0.1, -0.05) is 15.9 Å². The van der Waals surface area contributed by atoms with E-state index in [-0.39, 0.29) is 18.2 Å². The smallest absolute Gasteiger partial charge is 0.271 e. The Morgan fingerprint density at radius 3 is 2.56 bits per heavy atom. The fourth-order valence-electron chi connectivity index (χ4n) is 0.449. The van der Waals surface area contributed by atoms with Gasteiger partial charge in [0, 0.05) is 0 Å². The van der Waals surface area contributed by atoms with Gasteiger partial charge in [0.25, 0.3) is 11.8 Å². The minimum absolute atomic E-state index is 0.127. The third-order valence-electron chi connectivity index (χ3n) is 0.882. The van der Waals surface area contributed by atoms with E-state index in [4.69, 9.17) is 0 Å². The first-order valence-corrected chi connectivity index (χ1v) is 3.24. The van der Waals surface area contributed by atoms with E-state index >= 15 is 0 Å². The van der Waals surface area contributed by atoms with Gasteiger partial charge in [-0.3, -0.25) is 9.59 Å². The summed E-state index contributed by atoms with van der Waals surface area (Å²) in [5.41, 5.74) is 0. The Bertz CT molecular complexity index is 189. The molecule has 1 aliphatic rings. The maximum atomic E-state index is 10.5. The highest BCUT2D eigenvalue weighted by Gasteiger charge is 2.22. The van der Waals surface area contributed by atoms with Gasteiger partial charge < -0.3 is 0 Å². The summed E-state index contributed by atoms with van der Waals surface area (Å²) in [5, 5.41) is 6.15. The molecular formula is C4H3BrN2O2. The Morgan fingerprint density at radius 1 is 1.44 bits per heavy atom. The second kappa shape index (κ2) is 2.34. The van der Waals surface area contributed by atoms with Crippen LogP contribution in [-0.2, 0) is 9.59 Å². The summed E-state index contributed by atoms with van der Waals surface area (Å²) < 4.78 is 0. The van der Waals surface area contributed by atoms with E-state index < -0.39 is 4.83 Å². The Balaban J connectivity index is 2.76. The molecule has 0 radical (unpaired) electrons. The summed E-state index contributed by atoms with van der Waals surface area (Å²) >= 11 is 2.97. The zero-order chi connectivity index (χ0) is 6.85. The molecule has 1 unspecified atom stereocenters. The monoisotopic (exact) mass is 190 g/mol. The van der Waals surface area contributed by atoms with Crippen molar-refractivity contribution in [3.63, 3.8) is 0 Å². The van der Waals surface area contributed by atoms with Crippen LogP contribution in [0.15, 0.2) is 10.2 Å². The van der Waals surface area contributed by atoms with Crippen molar-refractivity contribution in [1.82, 2.24) is 0 Å². The number of amides is 2. The Kier molecular flexibility index (Phi) is 1.70. The highest BCUT2D eigenvalue weighted by molar-refractivity contribution is 9.10. The van der Waals surface area contributed by atoms with Crippen LogP contribution in [0, 0.1) is 0 Å². The molecule has 0 fully saturated rings. The first-order chi connectivity index (χ1) is 4.20. The highest BCUT2D eigenvalue weighted by Crippen LogP contribution is 2.12. The average molecular weight is 191 g/mol. The molecule has 0 aliphatic carbocycles. The molecular weight excluding hydrogens is 188 g/mol. The molecule has 1 heterocycles. The molecule has 0 spiro atoms. The fourth-order valence-corrected chi connectivity index (χ4v) is 0.818. The number of carbonyl (C=O) groups is 2. The lowest BCUT2D eigenvalue weighted by atomic mass is 10.3. The quantitative estimate of drug-likeness (QED) is 0.528. The number of halogens is 1. The topological polar surface area (TPSA) is 58.9 Å². The van der Waals surface area contributed by atoms with Gasteiger partial charge in [-0.05, 0) is 0 Å². The van der Waals surface area contributed by atoms with Gasteiger partial charge in [0.15, 0.2) is 0 Å². The van der Waals surface area contributed by atoms with Crippen LogP contribution in [0.5, 0.6) is 0 Å². The Labute approximate surface area is 59.5 Å². The lowest BCUT2D eigenvalue weighted by Gasteiger charge is -2.03. The van der Waals surface area contributed by atoms with Crippen molar-refractivity contribution >= 4 is 27.7 Å². The second-order valence-corrected chi connectivity index (χ2v) is 2.71. The molecule has 0 saturated carbocycles. The molecule has 5 heteroatoms. The Hall–Kier alpha value is -0.580. The van der Waals surface area contributed by atoms with Crippen LogP contribution in [-0.4, -0.2) is 16.6 Å². The van der Waals surface area contributed by atoms with E-state index in [1.54, 1.807) is 0 Å². The van der Waals surface area contributed by atoms with Crippen LogP contribution in [0.1, 0.15) is 6.42 Å². The number of hydrogen-bond acceptors (Lipinski definition) is 2. The summed E-state index contributed by atoms with van der Waals surface area (Å²) in [5.74, 6) is -0.730. The van der Waals surface area contributed by atoms with Crippen LogP contribution in [0.3, 0.4) is 0 Å². The Morgan fingerprint density at radius 2 is 2.11 bits per heavy atom. The van der Waals surface area contributed by atoms with E-state index in [1.807, 2.05) is 0 Å². The predicted octanol–water partition coefficient (Wildman–Crippen LogP) is 0.659. The predicted molar refractivity (Wildman–Crippen MR) is 32.2 cm³/mol. The van der Waals surface area contributed by atoms with Crippen molar-refractivity contribution in [2.45, 2.75) is 11.2 Å². The van der Waals surface area contributed by atoms with Crippen LogP contribution in [0.2, 0.25) is 0 Å². The number of hydrogen-bond donors (Lipinski definition) is 0. The molecule has 0 aromatic heterocycles. The second-order valence-electron chi connectivity index (χ2n) is 1.60. The molecule has 1 rings (SSSR count). The molecule has 1 aliphatic heterocycles. The van der Waals surface area contributed by atoms with E-state index in [0.717, 1.165) is 0 Å². The highest BCUT2D eigenvalue weighted by atomic mass is 79.9. The van der Waals surface area contributed by atoms with Crippen molar-refractivity contribution in [2.75, 3.05) is 0 Å². The van der Waals surface area contributed by atoms with Crippen LogP contribution in [0.4, 0.5) is 0 Å². The SMILES string of the molecule is O=C1CC(Br)C(=O)N=N1. The van der Waals surface area contributed by atoms with Crippen molar-refractivity contribution in [3.8, 4) is 0 Å². The van der Waals surface area contributed by atoms with Gasteiger partial charge in [-0.15, -0.1) is 10.2 Å². The summed E-state index contributed by atoms with van der Waals surface area (Å²) in [6, 6.07) is 0. The van der Waals surface area contributed by atoms with Crippen LogP contribution < -0.4 is 0 Å². The molecule has 0 bridgehead atoms. The van der Waals surface area contributed by atoms with Crippen LogP contribution >= 0.6 is 15.9 Å². The van der Waals surface area contributed by atoms with Crippen molar-refractivity contribution in [3.05, 3.63) is 0 Å². The lowest BCUT2D eigenvalue weighted by molar-refractivity contribution is -0.126. The molecule has 9 heavy (non-hydrogen) atoms. The molecule has 0 aromatic carbocycles. The minimum atomic E-state index is -0.456. The zero-order valence-corrected chi connectivity index (χ0v) is 5.96. The molecule has 1 atom stereocenters. The number of carbonyl (C=O) groups excluding carboxylic acids is 2. The van der Waals surface area contributed by atoms with E-state index in [0.29, 0.717) is 0 Å². The maximum Gasteiger partial charge on any atom is 0.278 e. The fraction of sp³-hybridized carbons (Fsp3) is 0.500. The van der Waals surface area contributed by atoms with Crippen molar-refractivity contribution in [1.29, 1.82) is 0 Å². The number of rotatable bonds is 0. The maximum absolute atomic E-state index is 10.5. The first kappa shape index (κ1) is 6.54. The van der Waals surface area contributed by atoms with Gasteiger partial charge in [0.05, 0.1) is 6.42 Å². The number of alkyl halides is 1. The summed E-state index contributed by atoms with van der Waals surface area (Å²) in [6.07, 6.45) is 0.127. The number of azo groups is 1. The first-order valence-electron chi connectivity index (χ1n) is 2.32. The van der Waals surface area contributed by atoms with Gasteiger partial charge in [0.2, 0.25) is 0 Å². The third kappa shape index (κ3) is 1.41. The van der Waals surface area contributed by atoms with E-state index in [1.165, 1.54) is 0 Å². The number of nitrogens with zero attached hydrogens (tertiary/aromatic N) is 2. The normalized spacial score (nSPS) is 27.0. The molecule has 0 N–H and O–H groups in total. The van der Waals surface area contributed by atoms with Crippen LogP contribution in [0.25, 0.3) is 0 Å². The van der Waals surface area contributed by atoms with Gasteiger partial charge in [-0.2, -0.15) is 0 Å². The molecule has 0 saturated heterocycles. The zero-order valence-electron chi connectivity index (χ0n) is 4.37. The third-order valence-corrected chi connectivity index (χ3v) is 1.60. The standard InChI is InChI=1S/C4H3BrN2O2/c5-2-1-3(8)6-7-4(2)9/h2H,1H2. The van der Waals surface area contributed by atoms with Gasteiger partial charge >= 0.3 is 0 Å². The van der Waals surface area contributed by atoms with Gasteiger partial charge in [-0.25, -0.2) is 0 Å².